The molecule has 10 heteroatoms. The van der Waals surface area contributed by atoms with Gasteiger partial charge in [-0.2, -0.15) is 0 Å². The van der Waals surface area contributed by atoms with Crippen LogP contribution in [0.2, 0.25) is 0 Å². The molecule has 9 nitrogen and oxygen atoms in total. The lowest BCUT2D eigenvalue weighted by Gasteiger charge is -2.30. The molecule has 0 aromatic heterocycles. The maximum Gasteiger partial charge on any atom is 0.306 e. The molecule has 0 aliphatic rings. The second-order valence-corrected chi connectivity index (χ2v) is 24.0. The van der Waals surface area contributed by atoms with Gasteiger partial charge < -0.3 is 28.5 Å². The number of quaternary nitrogens is 1. The molecule has 0 saturated carbocycles. The molecular formula is C64H121N2O7P. The Balaban J connectivity index is 5.06. The number of carbonyl (C=O) groups is 2. The van der Waals surface area contributed by atoms with Crippen LogP contribution in [0.4, 0.5) is 0 Å². The molecule has 0 saturated heterocycles. The number of rotatable bonds is 57. The monoisotopic (exact) mass is 1060 g/mol. The molecule has 0 aromatic carbocycles. The predicted octanol–water partition coefficient (Wildman–Crippen LogP) is 18.6. The molecule has 3 unspecified atom stereocenters. The maximum atomic E-state index is 13.5. The quantitative estimate of drug-likeness (QED) is 0.0212. The van der Waals surface area contributed by atoms with E-state index in [0.29, 0.717) is 17.4 Å². The molecule has 0 bridgehead atoms. The van der Waals surface area contributed by atoms with Crippen molar-refractivity contribution in [1.29, 1.82) is 0 Å². The second kappa shape index (κ2) is 54.3. The van der Waals surface area contributed by atoms with Crippen molar-refractivity contribution in [2.45, 2.75) is 309 Å². The van der Waals surface area contributed by atoms with Crippen LogP contribution in [0.5, 0.6) is 0 Å². The van der Waals surface area contributed by atoms with Crippen LogP contribution in [0.15, 0.2) is 48.6 Å². The van der Waals surface area contributed by atoms with Crippen molar-refractivity contribution in [3.05, 3.63) is 48.6 Å². The van der Waals surface area contributed by atoms with E-state index in [4.69, 9.17) is 13.8 Å². The van der Waals surface area contributed by atoms with E-state index < -0.39 is 20.0 Å². The van der Waals surface area contributed by atoms with Gasteiger partial charge in [0.25, 0.3) is 7.82 Å². The molecule has 434 valence electrons. The van der Waals surface area contributed by atoms with Gasteiger partial charge in [-0.1, -0.05) is 262 Å². The van der Waals surface area contributed by atoms with Gasteiger partial charge in [0.05, 0.1) is 33.8 Å². The topological polar surface area (TPSA) is 114 Å². The van der Waals surface area contributed by atoms with Crippen LogP contribution >= 0.6 is 7.82 Å². The fourth-order valence-electron chi connectivity index (χ4n) is 9.12. The summed E-state index contributed by atoms with van der Waals surface area (Å²) in [5.41, 5.74) is 0. The Morgan fingerprint density at radius 1 is 0.473 bits per heavy atom. The van der Waals surface area contributed by atoms with Crippen LogP contribution < -0.4 is 10.2 Å². The number of nitrogens with zero attached hydrogens (tertiary/aromatic N) is 1. The fourth-order valence-corrected chi connectivity index (χ4v) is 9.84. The van der Waals surface area contributed by atoms with E-state index >= 15 is 0 Å². The maximum absolute atomic E-state index is 13.5. The highest BCUT2D eigenvalue weighted by Crippen LogP contribution is 2.38. The highest BCUT2D eigenvalue weighted by Gasteiger charge is 2.27. The first-order chi connectivity index (χ1) is 35.9. The molecule has 0 fully saturated rings. The van der Waals surface area contributed by atoms with E-state index in [1.807, 2.05) is 33.3 Å². The van der Waals surface area contributed by atoms with Crippen LogP contribution in [0, 0.1) is 0 Å². The van der Waals surface area contributed by atoms with Crippen molar-refractivity contribution < 1.29 is 37.3 Å². The summed E-state index contributed by atoms with van der Waals surface area (Å²) in [7, 11) is 1.19. The molecule has 0 heterocycles. The highest BCUT2D eigenvalue weighted by molar-refractivity contribution is 7.45. The number of hydrogen-bond donors (Lipinski definition) is 1. The molecular weight excluding hydrogens is 940 g/mol. The summed E-state index contributed by atoms with van der Waals surface area (Å²) >= 11 is 0. The Morgan fingerprint density at radius 3 is 1.26 bits per heavy atom. The predicted molar refractivity (Wildman–Crippen MR) is 316 cm³/mol. The Bertz CT molecular complexity index is 1410. The van der Waals surface area contributed by atoms with E-state index in [9.17, 15) is 19.0 Å². The second-order valence-electron chi connectivity index (χ2n) is 22.6. The smallest absolute Gasteiger partial charge is 0.306 e. The molecule has 1 amide bonds. The number of unbranched alkanes of at least 4 members (excludes halogenated alkanes) is 35. The van der Waals surface area contributed by atoms with Gasteiger partial charge >= 0.3 is 5.97 Å². The lowest BCUT2D eigenvalue weighted by molar-refractivity contribution is -0.870. The first kappa shape index (κ1) is 72.0. The average molecular weight is 1060 g/mol. The van der Waals surface area contributed by atoms with Crippen molar-refractivity contribution >= 4 is 19.7 Å². The van der Waals surface area contributed by atoms with Crippen molar-refractivity contribution in [3.8, 4) is 0 Å². The number of likely N-dealkylation sites (N-methyl/N-ethyl adjacent to an activating group) is 1. The third-order valence-electron chi connectivity index (χ3n) is 14.0. The number of hydrogen-bond acceptors (Lipinski definition) is 7. The van der Waals surface area contributed by atoms with Crippen LogP contribution in [-0.2, 0) is 27.9 Å². The zero-order valence-electron chi connectivity index (χ0n) is 49.6. The third kappa shape index (κ3) is 54.7. The summed E-state index contributed by atoms with van der Waals surface area (Å²) in [6.07, 6.45) is 66.5. The van der Waals surface area contributed by atoms with Crippen LogP contribution in [0.25, 0.3) is 0 Å². The van der Waals surface area contributed by atoms with E-state index in [1.54, 1.807) is 0 Å². The van der Waals surface area contributed by atoms with Gasteiger partial charge in [-0.05, 0) is 70.3 Å². The van der Waals surface area contributed by atoms with E-state index in [0.717, 1.165) is 70.6 Å². The summed E-state index contributed by atoms with van der Waals surface area (Å²) < 4.78 is 30.3. The van der Waals surface area contributed by atoms with Crippen molar-refractivity contribution in [2.24, 2.45) is 0 Å². The SMILES string of the molecule is CCCCC/C=C\C/C=C\C/C=C\CCCCCCCCCCCCCCC(=O)NC(COP(=O)([O-])OCC[N+](C)(C)C)C(/C=C\CCCCCCCCCCCC)OC(=O)CCCCCCCCCCCCC. The number of allylic oxidation sites excluding steroid dienone is 7. The molecule has 0 aromatic rings. The number of nitrogens with one attached hydrogen (secondary N) is 1. The zero-order chi connectivity index (χ0) is 54.3. The first-order valence-corrected chi connectivity index (χ1v) is 32.9. The van der Waals surface area contributed by atoms with E-state index in [1.165, 1.54) is 193 Å². The van der Waals surface area contributed by atoms with Gasteiger partial charge in [-0.25, -0.2) is 0 Å². The minimum Gasteiger partial charge on any atom is -0.756 e. The summed E-state index contributed by atoms with van der Waals surface area (Å²) in [5, 5.41) is 3.03. The molecule has 0 spiro atoms. The lowest BCUT2D eigenvalue weighted by atomic mass is 10.0. The molecule has 0 radical (unpaired) electrons. The van der Waals surface area contributed by atoms with Gasteiger partial charge in [-0.15, -0.1) is 0 Å². The average Bonchev–Trinajstić information content (AvgIpc) is 3.36. The number of ether oxygens (including phenoxy) is 1. The fraction of sp³-hybridized carbons (Fsp3) is 0.844. The van der Waals surface area contributed by atoms with Gasteiger partial charge in [0, 0.05) is 12.8 Å². The minimum absolute atomic E-state index is 0.0212. The molecule has 1 N–H and O–H groups in total. The lowest BCUT2D eigenvalue weighted by Crippen LogP contribution is -2.47. The summed E-state index contributed by atoms with van der Waals surface area (Å²) in [6, 6.07) is -0.885. The number of amides is 1. The van der Waals surface area contributed by atoms with E-state index in [-0.39, 0.29) is 31.5 Å². The van der Waals surface area contributed by atoms with Gasteiger partial charge in [0.2, 0.25) is 5.91 Å². The number of phosphoric ester groups is 1. The molecule has 0 aliphatic heterocycles. The minimum atomic E-state index is -4.69. The Kier molecular flexibility index (Phi) is 52.8. The summed E-state index contributed by atoms with van der Waals surface area (Å²) in [4.78, 5) is 39.9. The molecule has 3 atom stereocenters. The van der Waals surface area contributed by atoms with Gasteiger partial charge in [0.15, 0.2) is 0 Å². The van der Waals surface area contributed by atoms with Crippen molar-refractivity contribution in [2.75, 3.05) is 40.9 Å². The Morgan fingerprint density at radius 2 is 0.824 bits per heavy atom. The number of carbonyl (C=O) groups excluding carboxylic acids is 2. The summed E-state index contributed by atoms with van der Waals surface area (Å²) in [6.45, 7) is 6.83. The molecule has 0 aliphatic carbocycles. The molecule has 0 rings (SSSR count). The van der Waals surface area contributed by atoms with Crippen molar-refractivity contribution in [1.82, 2.24) is 5.32 Å². The largest absolute Gasteiger partial charge is 0.756 e. The summed E-state index contributed by atoms with van der Waals surface area (Å²) in [5.74, 6) is -0.534. The van der Waals surface area contributed by atoms with Crippen LogP contribution in [-0.4, -0.2) is 69.4 Å². The first-order valence-electron chi connectivity index (χ1n) is 31.4. The standard InChI is InChI=1S/C64H121N2O7P/c1-7-10-13-16-19-22-25-27-28-29-30-31-32-33-34-35-36-37-38-39-42-44-47-50-53-56-63(67)65-61(60-72-74(69,70)71-59-58-66(4,5)6)62(55-52-49-46-43-41-26-23-20-17-14-11-8-2)73-64(68)57-54-51-48-45-40-24-21-18-15-12-9-3/h19,22,27-28,30-31,52,55,61-62H,7-18,20-21,23-26,29,32-51,53-54,56-60H2,1-6H3,(H-,65,67,69,70)/b22-19-,28-27-,31-30-,55-52-. The van der Waals surface area contributed by atoms with Gasteiger partial charge in [0.1, 0.15) is 19.3 Å². The molecule has 74 heavy (non-hydrogen) atoms. The number of phosphoric acid groups is 1. The van der Waals surface area contributed by atoms with Crippen molar-refractivity contribution in [3.63, 3.8) is 0 Å². The Hall–Kier alpha value is -2.03. The van der Waals surface area contributed by atoms with Crippen LogP contribution in [0.3, 0.4) is 0 Å². The number of esters is 1. The zero-order valence-corrected chi connectivity index (χ0v) is 50.4. The highest BCUT2D eigenvalue weighted by atomic mass is 31.2. The van der Waals surface area contributed by atoms with Crippen LogP contribution in [0.1, 0.15) is 297 Å². The van der Waals surface area contributed by atoms with Gasteiger partial charge in [-0.3, -0.25) is 14.2 Å². The Labute approximate surface area is 458 Å². The normalized spacial score (nSPS) is 14.0. The third-order valence-corrected chi connectivity index (χ3v) is 15.0. The van der Waals surface area contributed by atoms with E-state index in [2.05, 4.69) is 62.5 Å².